The molecule has 1 aromatic rings. The highest BCUT2D eigenvalue weighted by Gasteiger charge is 2.30. The Morgan fingerprint density at radius 3 is 2.68 bits per heavy atom. The summed E-state index contributed by atoms with van der Waals surface area (Å²) in [4.78, 5) is 12.0. The number of rotatable bonds is 8. The first-order chi connectivity index (χ1) is 11.8. The highest BCUT2D eigenvalue weighted by atomic mass is 35.5. The van der Waals surface area contributed by atoms with E-state index in [-0.39, 0.29) is 29.2 Å². The molecular weight excluding hydrogens is 364 g/mol. The molecule has 8 heteroatoms. The molecule has 0 bridgehead atoms. The van der Waals surface area contributed by atoms with Crippen LogP contribution in [0.25, 0.3) is 0 Å². The fourth-order valence-corrected chi connectivity index (χ4v) is 4.75. The van der Waals surface area contributed by atoms with E-state index in [1.54, 1.807) is 6.07 Å². The van der Waals surface area contributed by atoms with Crippen LogP contribution < -0.4 is 10.1 Å². The number of carbonyl (C=O) groups is 1. The average molecular weight is 389 g/mol. The molecule has 0 saturated carbocycles. The van der Waals surface area contributed by atoms with Crippen LogP contribution in [0.4, 0.5) is 0 Å². The third-order valence-electron chi connectivity index (χ3n) is 4.08. The van der Waals surface area contributed by atoms with Gasteiger partial charge in [0.25, 0.3) is 5.91 Å². The maximum atomic E-state index is 12.8. The number of nitrogens with zero attached hydrogens (tertiary/aromatic N) is 1. The van der Waals surface area contributed by atoms with Crippen LogP contribution in [0.3, 0.4) is 0 Å². The predicted molar refractivity (Wildman–Crippen MR) is 97.5 cm³/mol. The van der Waals surface area contributed by atoms with Crippen LogP contribution >= 0.6 is 11.6 Å². The zero-order valence-electron chi connectivity index (χ0n) is 14.6. The van der Waals surface area contributed by atoms with E-state index < -0.39 is 10.0 Å². The summed E-state index contributed by atoms with van der Waals surface area (Å²) in [5, 5.41) is 3.14. The first-order valence-electron chi connectivity index (χ1n) is 8.56. The van der Waals surface area contributed by atoms with Gasteiger partial charge in [-0.3, -0.25) is 4.79 Å². The number of hydrogen-bond acceptors (Lipinski definition) is 4. The topological polar surface area (TPSA) is 75.7 Å². The molecule has 1 saturated heterocycles. The van der Waals surface area contributed by atoms with Crippen molar-refractivity contribution in [3.8, 4) is 5.75 Å². The molecule has 1 N–H and O–H groups in total. The Bertz CT molecular complexity index is 703. The van der Waals surface area contributed by atoms with E-state index in [2.05, 4.69) is 5.32 Å². The minimum absolute atomic E-state index is 0.0105. The number of sulfonamides is 1. The number of carbonyl (C=O) groups excluding carboxylic acids is 1. The van der Waals surface area contributed by atoms with Crippen molar-refractivity contribution < 1.29 is 17.9 Å². The van der Waals surface area contributed by atoms with E-state index in [0.29, 0.717) is 18.1 Å². The van der Waals surface area contributed by atoms with Gasteiger partial charge in [0.05, 0.1) is 0 Å². The third kappa shape index (κ3) is 5.33. The van der Waals surface area contributed by atoms with Gasteiger partial charge in [0.2, 0.25) is 10.0 Å². The zero-order chi connectivity index (χ0) is 18.4. The Morgan fingerprint density at radius 1 is 1.36 bits per heavy atom. The molecule has 0 aliphatic carbocycles. The molecule has 0 aromatic heterocycles. The van der Waals surface area contributed by atoms with E-state index in [1.165, 1.54) is 16.4 Å². The van der Waals surface area contributed by atoms with Crippen molar-refractivity contribution in [3.63, 3.8) is 0 Å². The van der Waals surface area contributed by atoms with Crippen molar-refractivity contribution in [2.75, 3.05) is 19.7 Å². The van der Waals surface area contributed by atoms with Gasteiger partial charge < -0.3 is 10.1 Å². The second kappa shape index (κ2) is 8.87. The standard InChI is InChI=1S/C17H25ClN2O4S/c1-3-6-13(2)19-17(21)12-24-15-8-7-14(18)11-16(15)25(22,23)20-9-4-5-10-20/h7-8,11,13H,3-6,9-10,12H2,1-2H3,(H,19,21)/t13-/m0/s1. The molecule has 0 unspecified atom stereocenters. The Hall–Kier alpha value is -1.31. The molecular formula is C17H25ClN2O4S. The van der Waals surface area contributed by atoms with Crippen molar-refractivity contribution in [3.05, 3.63) is 23.2 Å². The first-order valence-corrected chi connectivity index (χ1v) is 10.4. The minimum atomic E-state index is -3.68. The van der Waals surface area contributed by atoms with Gasteiger partial charge in [-0.15, -0.1) is 0 Å². The molecule has 1 amide bonds. The number of halogens is 1. The van der Waals surface area contributed by atoms with Crippen LogP contribution in [0, 0.1) is 0 Å². The summed E-state index contributed by atoms with van der Waals surface area (Å²) in [6.07, 6.45) is 3.53. The smallest absolute Gasteiger partial charge is 0.258 e. The maximum Gasteiger partial charge on any atom is 0.258 e. The largest absolute Gasteiger partial charge is 0.482 e. The third-order valence-corrected chi connectivity index (χ3v) is 6.23. The Kier molecular flexibility index (Phi) is 7.10. The number of hydrogen-bond donors (Lipinski definition) is 1. The Morgan fingerprint density at radius 2 is 2.04 bits per heavy atom. The van der Waals surface area contributed by atoms with Gasteiger partial charge in [0.1, 0.15) is 10.6 Å². The molecule has 1 aliphatic rings. The summed E-state index contributed by atoms with van der Waals surface area (Å²) < 4.78 is 32.5. The fraction of sp³-hybridized carbons (Fsp3) is 0.588. The number of nitrogens with one attached hydrogen (secondary N) is 1. The van der Waals surface area contributed by atoms with Gasteiger partial charge in [-0.25, -0.2) is 8.42 Å². The second-order valence-electron chi connectivity index (χ2n) is 6.25. The monoisotopic (exact) mass is 388 g/mol. The summed E-state index contributed by atoms with van der Waals surface area (Å²) in [7, 11) is -3.68. The van der Waals surface area contributed by atoms with E-state index in [4.69, 9.17) is 16.3 Å². The van der Waals surface area contributed by atoms with Crippen LogP contribution in [-0.4, -0.2) is 44.4 Å². The second-order valence-corrected chi connectivity index (χ2v) is 8.59. The van der Waals surface area contributed by atoms with E-state index in [0.717, 1.165) is 25.7 Å². The highest BCUT2D eigenvalue weighted by Crippen LogP contribution is 2.31. The number of benzene rings is 1. The van der Waals surface area contributed by atoms with Crippen molar-refractivity contribution >= 4 is 27.5 Å². The van der Waals surface area contributed by atoms with Crippen LogP contribution in [0.5, 0.6) is 5.75 Å². The fourth-order valence-electron chi connectivity index (χ4n) is 2.84. The van der Waals surface area contributed by atoms with E-state index in [1.807, 2.05) is 13.8 Å². The van der Waals surface area contributed by atoms with Crippen LogP contribution in [0.2, 0.25) is 5.02 Å². The van der Waals surface area contributed by atoms with Gasteiger partial charge >= 0.3 is 0 Å². The molecule has 6 nitrogen and oxygen atoms in total. The molecule has 1 heterocycles. The lowest BCUT2D eigenvalue weighted by atomic mass is 10.2. The van der Waals surface area contributed by atoms with E-state index in [9.17, 15) is 13.2 Å². The predicted octanol–water partition coefficient (Wildman–Crippen LogP) is 2.81. The van der Waals surface area contributed by atoms with Gasteiger partial charge in [-0.2, -0.15) is 4.31 Å². The molecule has 140 valence electrons. The SMILES string of the molecule is CCC[C@H](C)NC(=O)COc1ccc(Cl)cc1S(=O)(=O)N1CCCC1. The quantitative estimate of drug-likeness (QED) is 0.742. The van der Waals surface area contributed by atoms with Gasteiger partial charge in [0.15, 0.2) is 6.61 Å². The molecule has 1 aromatic carbocycles. The van der Waals surface area contributed by atoms with Crippen LogP contribution in [-0.2, 0) is 14.8 Å². The molecule has 0 spiro atoms. The van der Waals surface area contributed by atoms with Crippen LogP contribution in [0.1, 0.15) is 39.5 Å². The summed E-state index contributed by atoms with van der Waals surface area (Å²) in [6, 6.07) is 4.48. The molecule has 2 rings (SSSR count). The molecule has 25 heavy (non-hydrogen) atoms. The average Bonchev–Trinajstić information content (AvgIpc) is 3.09. The summed E-state index contributed by atoms with van der Waals surface area (Å²) in [5.74, 6) is -0.130. The number of amides is 1. The molecule has 0 radical (unpaired) electrons. The Labute approximate surface area is 154 Å². The molecule has 1 atom stereocenters. The first kappa shape index (κ1) is 20.0. The van der Waals surface area contributed by atoms with Gasteiger partial charge in [0, 0.05) is 24.2 Å². The van der Waals surface area contributed by atoms with Crippen molar-refractivity contribution in [2.45, 2.75) is 50.5 Å². The van der Waals surface area contributed by atoms with Crippen molar-refractivity contribution in [1.82, 2.24) is 9.62 Å². The normalized spacial score (nSPS) is 16.6. The van der Waals surface area contributed by atoms with Crippen molar-refractivity contribution in [1.29, 1.82) is 0 Å². The zero-order valence-corrected chi connectivity index (χ0v) is 16.2. The summed E-state index contributed by atoms with van der Waals surface area (Å²) in [6.45, 7) is 4.71. The van der Waals surface area contributed by atoms with E-state index >= 15 is 0 Å². The molecule has 1 aliphatic heterocycles. The minimum Gasteiger partial charge on any atom is -0.482 e. The lowest BCUT2D eigenvalue weighted by molar-refractivity contribution is -0.123. The Balaban J connectivity index is 2.12. The summed E-state index contributed by atoms with van der Waals surface area (Å²) >= 11 is 5.98. The highest BCUT2D eigenvalue weighted by molar-refractivity contribution is 7.89. The maximum absolute atomic E-state index is 12.8. The van der Waals surface area contributed by atoms with Gasteiger partial charge in [-0.05, 0) is 44.4 Å². The lowest BCUT2D eigenvalue weighted by Crippen LogP contribution is -2.36. The molecule has 1 fully saturated rings. The summed E-state index contributed by atoms with van der Waals surface area (Å²) in [5.41, 5.74) is 0. The van der Waals surface area contributed by atoms with Crippen molar-refractivity contribution in [2.24, 2.45) is 0 Å². The van der Waals surface area contributed by atoms with Gasteiger partial charge in [-0.1, -0.05) is 24.9 Å². The number of ether oxygens (including phenoxy) is 1. The van der Waals surface area contributed by atoms with Crippen LogP contribution in [0.15, 0.2) is 23.1 Å². The lowest BCUT2D eigenvalue weighted by Gasteiger charge is -2.19.